The fraction of sp³-hybridized carbons (Fsp3) is 0.944. The summed E-state index contributed by atoms with van der Waals surface area (Å²) in [5.41, 5.74) is -0.398. The third-order valence-electron chi connectivity index (χ3n) is 4.15. The molecule has 1 aliphatic rings. The van der Waals surface area contributed by atoms with Crippen LogP contribution in [0, 0.1) is 5.92 Å². The topological polar surface area (TPSA) is 41.6 Å². The second-order valence-corrected chi connectivity index (χ2v) is 8.51. The summed E-state index contributed by atoms with van der Waals surface area (Å²) in [5, 5.41) is 3.59. The molecule has 23 heavy (non-hydrogen) atoms. The van der Waals surface area contributed by atoms with Crippen molar-refractivity contribution in [1.82, 2.24) is 10.2 Å². The Bertz CT molecular complexity index is 323. The van der Waals surface area contributed by atoms with E-state index in [0.717, 1.165) is 39.0 Å². The van der Waals surface area contributed by atoms with Gasteiger partial charge in [-0.25, -0.2) is 4.79 Å². The van der Waals surface area contributed by atoms with E-state index < -0.39 is 5.60 Å². The molecule has 0 spiro atoms. The van der Waals surface area contributed by atoms with Crippen LogP contribution in [-0.4, -0.2) is 54.8 Å². The molecule has 1 aliphatic heterocycles. The van der Waals surface area contributed by atoms with Crippen LogP contribution >= 0.6 is 11.8 Å². The predicted octanol–water partition coefficient (Wildman–Crippen LogP) is 4.15. The van der Waals surface area contributed by atoms with Crippen LogP contribution < -0.4 is 5.32 Å². The average Bonchev–Trinajstić information content (AvgIpc) is 2.49. The van der Waals surface area contributed by atoms with Gasteiger partial charge in [0.25, 0.3) is 0 Å². The van der Waals surface area contributed by atoms with E-state index in [9.17, 15) is 4.79 Å². The SMILES string of the molecule is CSCCCCCCNCC1CCN(C(=O)OC(C)(C)C)CC1. The average molecular weight is 345 g/mol. The highest BCUT2D eigenvalue weighted by Crippen LogP contribution is 2.19. The Labute approximate surface area is 147 Å². The van der Waals surface area contributed by atoms with Crippen molar-refractivity contribution in [3.63, 3.8) is 0 Å². The quantitative estimate of drug-likeness (QED) is 0.638. The van der Waals surface area contributed by atoms with Crippen LogP contribution in [0.5, 0.6) is 0 Å². The largest absolute Gasteiger partial charge is 0.444 e. The second kappa shape index (κ2) is 11.2. The maximum absolute atomic E-state index is 12.0. The third kappa shape index (κ3) is 10.1. The summed E-state index contributed by atoms with van der Waals surface area (Å²) in [4.78, 5) is 13.9. The molecule has 1 heterocycles. The van der Waals surface area contributed by atoms with Crippen molar-refractivity contribution in [2.24, 2.45) is 5.92 Å². The molecular formula is C18H36N2O2S. The van der Waals surface area contributed by atoms with E-state index in [4.69, 9.17) is 4.74 Å². The zero-order valence-corrected chi connectivity index (χ0v) is 16.3. The van der Waals surface area contributed by atoms with E-state index in [1.165, 1.54) is 31.4 Å². The van der Waals surface area contributed by atoms with Gasteiger partial charge in [0.2, 0.25) is 0 Å². The number of thioether (sulfide) groups is 1. The van der Waals surface area contributed by atoms with Crippen molar-refractivity contribution < 1.29 is 9.53 Å². The summed E-state index contributed by atoms with van der Waals surface area (Å²) in [7, 11) is 0. The third-order valence-corrected chi connectivity index (χ3v) is 4.85. The van der Waals surface area contributed by atoms with Gasteiger partial charge in [0.1, 0.15) is 5.60 Å². The van der Waals surface area contributed by atoms with Gasteiger partial charge < -0.3 is 15.0 Å². The summed E-state index contributed by atoms with van der Waals surface area (Å²) in [6.07, 6.45) is 9.51. The first kappa shape index (κ1) is 20.6. The Kier molecular flexibility index (Phi) is 10.0. The van der Waals surface area contributed by atoms with Gasteiger partial charge in [0.05, 0.1) is 0 Å². The van der Waals surface area contributed by atoms with Crippen LogP contribution in [0.25, 0.3) is 0 Å². The summed E-state index contributed by atoms with van der Waals surface area (Å²) >= 11 is 1.94. The molecule has 0 unspecified atom stereocenters. The minimum absolute atomic E-state index is 0.158. The first-order chi connectivity index (χ1) is 10.9. The molecular weight excluding hydrogens is 308 g/mol. The van der Waals surface area contributed by atoms with E-state index >= 15 is 0 Å². The molecule has 136 valence electrons. The minimum Gasteiger partial charge on any atom is -0.444 e. The van der Waals surface area contributed by atoms with Gasteiger partial charge in [-0.3, -0.25) is 0 Å². The molecule has 0 saturated carbocycles. The molecule has 0 aromatic rings. The normalized spacial score (nSPS) is 16.6. The number of hydrogen-bond donors (Lipinski definition) is 1. The highest BCUT2D eigenvalue weighted by atomic mass is 32.2. The molecule has 1 amide bonds. The van der Waals surface area contributed by atoms with E-state index in [-0.39, 0.29) is 6.09 Å². The van der Waals surface area contributed by atoms with E-state index in [0.29, 0.717) is 5.92 Å². The van der Waals surface area contributed by atoms with E-state index in [1.807, 2.05) is 37.4 Å². The first-order valence-electron chi connectivity index (χ1n) is 9.10. The Balaban J connectivity index is 2.03. The molecule has 1 rings (SSSR count). The van der Waals surface area contributed by atoms with Gasteiger partial charge in [0, 0.05) is 13.1 Å². The maximum Gasteiger partial charge on any atom is 0.410 e. The molecule has 0 radical (unpaired) electrons. The molecule has 1 fully saturated rings. The standard InChI is InChI=1S/C18H36N2O2S/c1-18(2,3)22-17(21)20-12-9-16(10-13-20)15-19-11-7-5-6-8-14-23-4/h16,19H,5-15H2,1-4H3. The number of ether oxygens (including phenoxy) is 1. The van der Waals surface area contributed by atoms with Crippen molar-refractivity contribution in [2.45, 2.75) is 64.9 Å². The lowest BCUT2D eigenvalue weighted by Gasteiger charge is -2.33. The molecule has 0 aliphatic carbocycles. The number of carbonyl (C=O) groups excluding carboxylic acids is 1. The number of unbranched alkanes of at least 4 members (excludes halogenated alkanes) is 3. The smallest absolute Gasteiger partial charge is 0.410 e. The number of nitrogens with zero attached hydrogens (tertiary/aromatic N) is 1. The van der Waals surface area contributed by atoms with E-state index in [2.05, 4.69) is 11.6 Å². The molecule has 0 aromatic carbocycles. The van der Waals surface area contributed by atoms with Gasteiger partial charge in [0.15, 0.2) is 0 Å². The molecule has 4 nitrogen and oxygen atoms in total. The molecule has 0 atom stereocenters. The number of rotatable bonds is 9. The summed E-state index contributed by atoms with van der Waals surface area (Å²) < 4.78 is 5.44. The van der Waals surface area contributed by atoms with Gasteiger partial charge in [-0.05, 0) is 77.5 Å². The van der Waals surface area contributed by atoms with Crippen LogP contribution in [0.1, 0.15) is 59.3 Å². The molecule has 1 N–H and O–H groups in total. The lowest BCUT2D eigenvalue weighted by Crippen LogP contribution is -2.43. The Hall–Kier alpha value is -0.420. The van der Waals surface area contributed by atoms with Crippen LogP contribution in [-0.2, 0) is 4.74 Å². The van der Waals surface area contributed by atoms with Crippen LogP contribution in [0.3, 0.4) is 0 Å². The van der Waals surface area contributed by atoms with Gasteiger partial charge in [-0.2, -0.15) is 11.8 Å². The zero-order valence-electron chi connectivity index (χ0n) is 15.5. The molecule has 1 saturated heterocycles. The number of nitrogens with one attached hydrogen (secondary N) is 1. The van der Waals surface area contributed by atoms with Crippen molar-refractivity contribution in [3.05, 3.63) is 0 Å². The summed E-state index contributed by atoms with van der Waals surface area (Å²) in [5.74, 6) is 1.99. The van der Waals surface area contributed by atoms with E-state index in [1.54, 1.807) is 0 Å². The van der Waals surface area contributed by atoms with Gasteiger partial charge in [-0.1, -0.05) is 12.8 Å². The van der Waals surface area contributed by atoms with Crippen LogP contribution in [0.4, 0.5) is 4.79 Å². The minimum atomic E-state index is -0.398. The van der Waals surface area contributed by atoms with Crippen molar-refractivity contribution in [3.8, 4) is 0 Å². The number of piperidine rings is 1. The number of amides is 1. The van der Waals surface area contributed by atoms with Gasteiger partial charge >= 0.3 is 6.09 Å². The first-order valence-corrected chi connectivity index (χ1v) is 10.5. The zero-order chi connectivity index (χ0) is 17.1. The fourth-order valence-corrected chi connectivity index (χ4v) is 3.30. The lowest BCUT2D eigenvalue weighted by molar-refractivity contribution is 0.0184. The van der Waals surface area contributed by atoms with Crippen molar-refractivity contribution >= 4 is 17.9 Å². The highest BCUT2D eigenvalue weighted by molar-refractivity contribution is 7.98. The Morgan fingerprint density at radius 2 is 1.83 bits per heavy atom. The lowest BCUT2D eigenvalue weighted by atomic mass is 9.97. The van der Waals surface area contributed by atoms with Crippen molar-refractivity contribution in [1.29, 1.82) is 0 Å². The monoisotopic (exact) mass is 344 g/mol. The highest BCUT2D eigenvalue weighted by Gasteiger charge is 2.26. The molecule has 0 aromatic heterocycles. The second-order valence-electron chi connectivity index (χ2n) is 7.52. The summed E-state index contributed by atoms with van der Waals surface area (Å²) in [6, 6.07) is 0. The van der Waals surface area contributed by atoms with Gasteiger partial charge in [-0.15, -0.1) is 0 Å². The number of likely N-dealkylation sites (tertiary alicyclic amines) is 1. The maximum atomic E-state index is 12.0. The van der Waals surface area contributed by atoms with Crippen LogP contribution in [0.2, 0.25) is 0 Å². The number of carbonyl (C=O) groups is 1. The Morgan fingerprint density at radius 3 is 2.43 bits per heavy atom. The van der Waals surface area contributed by atoms with Crippen LogP contribution in [0.15, 0.2) is 0 Å². The number of hydrogen-bond acceptors (Lipinski definition) is 4. The summed E-state index contributed by atoms with van der Waals surface area (Å²) in [6.45, 7) is 9.64. The fourth-order valence-electron chi connectivity index (χ4n) is 2.80. The predicted molar refractivity (Wildman–Crippen MR) is 100 cm³/mol. The Morgan fingerprint density at radius 1 is 1.17 bits per heavy atom. The molecule has 0 bridgehead atoms. The van der Waals surface area contributed by atoms with Crippen molar-refractivity contribution in [2.75, 3.05) is 38.2 Å². The molecule has 5 heteroatoms.